The summed E-state index contributed by atoms with van der Waals surface area (Å²) in [6.07, 6.45) is 1.35. The Kier molecular flexibility index (Phi) is 3.18. The van der Waals surface area contributed by atoms with Gasteiger partial charge in [-0.2, -0.15) is 11.3 Å². The quantitative estimate of drug-likeness (QED) is 0.592. The van der Waals surface area contributed by atoms with E-state index >= 15 is 0 Å². The Hall–Kier alpha value is -0.420. The highest BCUT2D eigenvalue weighted by Crippen LogP contribution is 2.31. The molecule has 1 aliphatic heterocycles. The van der Waals surface area contributed by atoms with Gasteiger partial charge < -0.3 is 4.74 Å². The van der Waals surface area contributed by atoms with Crippen LogP contribution in [0.4, 0.5) is 0 Å². The van der Waals surface area contributed by atoms with Crippen molar-refractivity contribution in [3.8, 4) is 0 Å². The average Bonchev–Trinajstić information content (AvgIpc) is 2.80. The number of rotatable bonds is 3. The summed E-state index contributed by atoms with van der Waals surface area (Å²) in [6, 6.07) is 2.24. The van der Waals surface area contributed by atoms with Gasteiger partial charge in [-0.1, -0.05) is 6.92 Å². The molecule has 2 rings (SSSR count). The van der Waals surface area contributed by atoms with E-state index in [-0.39, 0.29) is 12.1 Å². The van der Waals surface area contributed by atoms with Gasteiger partial charge >= 0.3 is 0 Å². The molecule has 0 amide bonds. The fraction of sp³-hybridized carbons (Fsp3) is 0.600. The van der Waals surface area contributed by atoms with Crippen LogP contribution in [0.2, 0.25) is 0 Å². The smallest absolute Gasteiger partial charge is 0.0809 e. The Morgan fingerprint density at radius 3 is 3.07 bits per heavy atom. The molecule has 0 aliphatic carbocycles. The van der Waals surface area contributed by atoms with Crippen molar-refractivity contribution in [1.29, 1.82) is 0 Å². The topological polar surface area (TPSA) is 47.3 Å². The van der Waals surface area contributed by atoms with Crippen molar-refractivity contribution in [3.63, 3.8) is 0 Å². The molecule has 0 aromatic carbocycles. The van der Waals surface area contributed by atoms with Crippen LogP contribution in [0.3, 0.4) is 0 Å². The summed E-state index contributed by atoms with van der Waals surface area (Å²) in [4.78, 5) is 0. The molecule has 0 spiro atoms. The standard InChI is InChI=1S/C10H16N2OS/c1-7-2-4-13-10(7)9(12-11)8-3-5-14-6-8/h3,5-7,9-10,12H,2,4,11H2,1H3. The first kappa shape index (κ1) is 10.1. The second-order valence-corrected chi connectivity index (χ2v) is 4.58. The molecule has 0 bridgehead atoms. The average molecular weight is 212 g/mol. The molecule has 14 heavy (non-hydrogen) atoms. The van der Waals surface area contributed by atoms with Crippen LogP contribution >= 0.6 is 11.3 Å². The first-order chi connectivity index (χ1) is 6.83. The Morgan fingerprint density at radius 1 is 1.71 bits per heavy atom. The lowest BCUT2D eigenvalue weighted by Gasteiger charge is -2.24. The molecule has 1 saturated heterocycles. The largest absolute Gasteiger partial charge is 0.376 e. The van der Waals surface area contributed by atoms with Crippen LogP contribution in [-0.4, -0.2) is 12.7 Å². The number of thiophene rings is 1. The van der Waals surface area contributed by atoms with Crippen LogP contribution in [0.25, 0.3) is 0 Å². The minimum absolute atomic E-state index is 0.138. The van der Waals surface area contributed by atoms with E-state index in [0.29, 0.717) is 5.92 Å². The summed E-state index contributed by atoms with van der Waals surface area (Å²) in [5.74, 6) is 6.16. The molecular formula is C10H16N2OS. The summed E-state index contributed by atoms with van der Waals surface area (Å²) >= 11 is 1.69. The number of hydrogen-bond donors (Lipinski definition) is 2. The van der Waals surface area contributed by atoms with E-state index < -0.39 is 0 Å². The van der Waals surface area contributed by atoms with Crippen LogP contribution in [0.5, 0.6) is 0 Å². The predicted octanol–water partition coefficient (Wildman–Crippen LogP) is 1.68. The van der Waals surface area contributed by atoms with E-state index in [4.69, 9.17) is 10.6 Å². The molecule has 1 fully saturated rings. The zero-order chi connectivity index (χ0) is 9.97. The maximum Gasteiger partial charge on any atom is 0.0809 e. The van der Waals surface area contributed by atoms with Gasteiger partial charge in [0.15, 0.2) is 0 Å². The molecule has 78 valence electrons. The maximum absolute atomic E-state index is 5.70. The van der Waals surface area contributed by atoms with E-state index in [1.54, 1.807) is 11.3 Å². The fourth-order valence-electron chi connectivity index (χ4n) is 1.98. The minimum Gasteiger partial charge on any atom is -0.376 e. The lowest BCUT2D eigenvalue weighted by atomic mass is 9.94. The van der Waals surface area contributed by atoms with Gasteiger partial charge in [-0.05, 0) is 34.7 Å². The van der Waals surface area contributed by atoms with Crippen molar-refractivity contribution in [2.24, 2.45) is 11.8 Å². The van der Waals surface area contributed by atoms with Gasteiger partial charge in [0, 0.05) is 6.61 Å². The van der Waals surface area contributed by atoms with Crippen molar-refractivity contribution in [1.82, 2.24) is 5.43 Å². The van der Waals surface area contributed by atoms with Gasteiger partial charge in [0.2, 0.25) is 0 Å². The third kappa shape index (κ3) is 1.83. The molecule has 0 radical (unpaired) electrons. The second-order valence-electron chi connectivity index (χ2n) is 3.80. The molecule has 3 nitrogen and oxygen atoms in total. The summed E-state index contributed by atoms with van der Waals surface area (Å²) in [7, 11) is 0. The van der Waals surface area contributed by atoms with Gasteiger partial charge in [-0.25, -0.2) is 0 Å². The van der Waals surface area contributed by atoms with E-state index in [9.17, 15) is 0 Å². The minimum atomic E-state index is 0.138. The van der Waals surface area contributed by atoms with Gasteiger partial charge in [-0.15, -0.1) is 0 Å². The van der Waals surface area contributed by atoms with Gasteiger partial charge in [0.05, 0.1) is 12.1 Å². The molecule has 1 aliphatic rings. The van der Waals surface area contributed by atoms with Gasteiger partial charge in [-0.3, -0.25) is 11.3 Å². The monoisotopic (exact) mass is 212 g/mol. The van der Waals surface area contributed by atoms with Crippen molar-refractivity contribution in [3.05, 3.63) is 22.4 Å². The highest BCUT2D eigenvalue weighted by atomic mass is 32.1. The molecule has 3 unspecified atom stereocenters. The van der Waals surface area contributed by atoms with Crippen LogP contribution in [-0.2, 0) is 4.74 Å². The van der Waals surface area contributed by atoms with Crippen LogP contribution in [0.1, 0.15) is 24.9 Å². The maximum atomic E-state index is 5.70. The molecule has 2 heterocycles. The normalized spacial score (nSPS) is 29.3. The van der Waals surface area contributed by atoms with Crippen LogP contribution in [0, 0.1) is 5.92 Å². The molecule has 3 atom stereocenters. The Bertz CT molecular complexity index is 276. The zero-order valence-electron chi connectivity index (χ0n) is 8.27. The van der Waals surface area contributed by atoms with Gasteiger partial charge in [0.1, 0.15) is 0 Å². The Labute approximate surface area is 88.2 Å². The van der Waals surface area contributed by atoms with Crippen molar-refractivity contribution < 1.29 is 4.74 Å². The summed E-state index contributed by atoms with van der Waals surface area (Å²) in [5, 5.41) is 4.19. The number of hydrogen-bond acceptors (Lipinski definition) is 4. The summed E-state index contributed by atoms with van der Waals surface area (Å²) in [5.41, 5.74) is 4.09. The Balaban J connectivity index is 2.13. The van der Waals surface area contributed by atoms with Crippen molar-refractivity contribution >= 4 is 11.3 Å². The summed E-state index contributed by atoms with van der Waals surface area (Å²) in [6.45, 7) is 3.07. The molecule has 4 heteroatoms. The predicted molar refractivity (Wildman–Crippen MR) is 57.9 cm³/mol. The lowest BCUT2D eigenvalue weighted by molar-refractivity contribution is 0.0608. The highest BCUT2D eigenvalue weighted by molar-refractivity contribution is 7.07. The third-order valence-corrected chi connectivity index (χ3v) is 3.56. The fourth-order valence-corrected chi connectivity index (χ4v) is 2.67. The molecule has 1 aromatic heterocycles. The first-order valence-electron chi connectivity index (χ1n) is 4.92. The molecule has 1 aromatic rings. The molecule has 3 N–H and O–H groups in total. The van der Waals surface area contributed by atoms with Gasteiger partial charge in [0.25, 0.3) is 0 Å². The van der Waals surface area contributed by atoms with Crippen molar-refractivity contribution in [2.45, 2.75) is 25.5 Å². The SMILES string of the molecule is CC1CCOC1C(NN)c1ccsc1. The summed E-state index contributed by atoms with van der Waals surface area (Å²) < 4.78 is 5.70. The van der Waals surface area contributed by atoms with E-state index in [1.807, 2.05) is 0 Å². The molecule has 0 saturated carbocycles. The van der Waals surface area contributed by atoms with E-state index in [2.05, 4.69) is 29.2 Å². The number of nitrogens with two attached hydrogens (primary N) is 1. The highest BCUT2D eigenvalue weighted by Gasteiger charge is 2.32. The number of ether oxygens (including phenoxy) is 1. The lowest BCUT2D eigenvalue weighted by Crippen LogP contribution is -2.38. The van der Waals surface area contributed by atoms with Crippen LogP contribution in [0.15, 0.2) is 16.8 Å². The van der Waals surface area contributed by atoms with E-state index in [1.165, 1.54) is 5.56 Å². The Morgan fingerprint density at radius 2 is 2.57 bits per heavy atom. The molecular weight excluding hydrogens is 196 g/mol. The number of hydrazine groups is 1. The second kappa shape index (κ2) is 4.40. The zero-order valence-corrected chi connectivity index (χ0v) is 9.09. The first-order valence-corrected chi connectivity index (χ1v) is 5.87. The van der Waals surface area contributed by atoms with Crippen molar-refractivity contribution in [2.75, 3.05) is 6.61 Å². The van der Waals surface area contributed by atoms with E-state index in [0.717, 1.165) is 13.0 Å². The third-order valence-electron chi connectivity index (χ3n) is 2.85. The number of nitrogens with one attached hydrogen (secondary N) is 1. The van der Waals surface area contributed by atoms with Crippen LogP contribution < -0.4 is 11.3 Å².